The summed E-state index contributed by atoms with van der Waals surface area (Å²) in [6.45, 7) is 7.78. The highest BCUT2D eigenvalue weighted by molar-refractivity contribution is 6.00. The van der Waals surface area contributed by atoms with E-state index in [9.17, 15) is 4.79 Å². The van der Waals surface area contributed by atoms with Crippen LogP contribution in [-0.4, -0.2) is 5.91 Å². The second kappa shape index (κ2) is 6.31. The van der Waals surface area contributed by atoms with Crippen molar-refractivity contribution in [2.75, 3.05) is 5.32 Å². The average molecular weight is 281 g/mol. The summed E-state index contributed by atoms with van der Waals surface area (Å²) >= 11 is 0. The number of nitrogens with one attached hydrogen (secondary N) is 1. The maximum Gasteiger partial charge on any atom is 0.247 e. The van der Waals surface area contributed by atoms with Crippen LogP contribution < -0.4 is 5.32 Å². The number of hydrogen-bond donors (Lipinski definition) is 1. The largest absolute Gasteiger partial charge is 0.321 e. The Kier molecular flexibility index (Phi) is 4.48. The summed E-state index contributed by atoms with van der Waals surface area (Å²) in [6.07, 6.45) is 8.33. The number of benzene rings is 1. The summed E-state index contributed by atoms with van der Waals surface area (Å²) < 4.78 is 0. The zero-order valence-electron chi connectivity index (χ0n) is 12.3. The molecule has 2 rings (SSSR count). The van der Waals surface area contributed by atoms with Crippen LogP contribution in [0.3, 0.4) is 0 Å². The minimum Gasteiger partial charge on any atom is -0.321 e. The Morgan fingerprint density at radius 3 is 2.76 bits per heavy atom. The molecule has 0 aliphatic heterocycles. The van der Waals surface area contributed by atoms with Gasteiger partial charge in [0.15, 0.2) is 0 Å². The van der Waals surface area contributed by atoms with Crippen LogP contribution in [0.25, 0.3) is 0 Å². The van der Waals surface area contributed by atoms with E-state index in [1.807, 2.05) is 18.2 Å². The topological polar surface area (TPSA) is 53.8 Å². The van der Waals surface area contributed by atoms with Gasteiger partial charge < -0.3 is 5.32 Å². The first-order valence-electron chi connectivity index (χ1n) is 6.84. The van der Waals surface area contributed by atoms with Gasteiger partial charge in [0, 0.05) is 0 Å². The van der Waals surface area contributed by atoms with E-state index in [1.165, 1.54) is 6.08 Å². The highest BCUT2D eigenvalue weighted by Crippen LogP contribution is 2.30. The van der Waals surface area contributed by atoms with Gasteiger partial charge in [0.25, 0.3) is 0 Å². The van der Waals surface area contributed by atoms with Crippen molar-refractivity contribution in [2.45, 2.75) is 20.3 Å². The Bertz CT molecular complexity index is 639. The van der Waals surface area contributed by atoms with Gasteiger partial charge in [0.2, 0.25) is 5.91 Å². The Balaban J connectivity index is 2.15. The minimum absolute atomic E-state index is 0.175. The predicted octanol–water partition coefficient (Wildman–Crippen LogP) is 4.76. The Labute approximate surface area is 125 Å². The van der Waals surface area contributed by atoms with E-state index >= 15 is 0 Å². The predicted molar refractivity (Wildman–Crippen MR) is 85.4 cm³/mol. The van der Waals surface area contributed by atoms with Crippen molar-refractivity contribution in [3.63, 3.8) is 0 Å². The van der Waals surface area contributed by atoms with Crippen molar-refractivity contribution in [1.29, 1.82) is 0 Å². The van der Waals surface area contributed by atoms with Crippen LogP contribution in [0, 0.1) is 5.41 Å². The average Bonchev–Trinajstić information content (AvgIpc) is 2.47. The third kappa shape index (κ3) is 4.24. The number of nitrogens with zero attached hydrogens (tertiary/aromatic N) is 2. The monoisotopic (exact) mass is 281 g/mol. The number of rotatable bonds is 4. The van der Waals surface area contributed by atoms with Crippen molar-refractivity contribution < 1.29 is 4.79 Å². The Morgan fingerprint density at radius 2 is 2.10 bits per heavy atom. The van der Waals surface area contributed by atoms with Gasteiger partial charge in [-0.05, 0) is 36.1 Å². The van der Waals surface area contributed by atoms with Gasteiger partial charge in [-0.15, -0.1) is 5.11 Å². The van der Waals surface area contributed by atoms with Crippen LogP contribution in [0.1, 0.15) is 20.3 Å². The lowest BCUT2D eigenvalue weighted by molar-refractivity contribution is -0.111. The third-order valence-electron chi connectivity index (χ3n) is 3.16. The van der Waals surface area contributed by atoms with E-state index in [0.717, 1.165) is 12.1 Å². The fourth-order valence-corrected chi connectivity index (χ4v) is 1.85. The second-order valence-electron chi connectivity index (χ2n) is 5.57. The van der Waals surface area contributed by atoms with Crippen molar-refractivity contribution in [2.24, 2.45) is 15.6 Å². The molecular formula is C17H19N3O. The zero-order valence-corrected chi connectivity index (χ0v) is 12.3. The first kappa shape index (κ1) is 14.9. The van der Waals surface area contributed by atoms with Crippen LogP contribution in [0.4, 0.5) is 11.4 Å². The number of amides is 1. The van der Waals surface area contributed by atoms with Crippen molar-refractivity contribution in [3.8, 4) is 0 Å². The molecule has 0 bridgehead atoms. The number of azo groups is 1. The summed E-state index contributed by atoms with van der Waals surface area (Å²) in [7, 11) is 0. The van der Waals surface area contributed by atoms with E-state index in [4.69, 9.17) is 0 Å². The van der Waals surface area contributed by atoms with Crippen molar-refractivity contribution >= 4 is 17.3 Å². The molecule has 0 atom stereocenters. The molecule has 0 unspecified atom stereocenters. The number of hydrogen-bond acceptors (Lipinski definition) is 3. The maximum absolute atomic E-state index is 11.4. The molecule has 0 radical (unpaired) electrons. The second-order valence-corrected chi connectivity index (χ2v) is 5.57. The van der Waals surface area contributed by atoms with Crippen LogP contribution in [0.15, 0.2) is 71.1 Å². The molecule has 1 aliphatic rings. The number of anilines is 1. The smallest absolute Gasteiger partial charge is 0.247 e. The molecule has 1 N–H and O–H groups in total. The number of para-hydroxylation sites is 1. The molecule has 1 aromatic rings. The number of allylic oxidation sites excluding steroid dienone is 3. The van der Waals surface area contributed by atoms with Crippen molar-refractivity contribution in [3.05, 3.63) is 60.8 Å². The van der Waals surface area contributed by atoms with E-state index in [2.05, 4.69) is 48.1 Å². The third-order valence-corrected chi connectivity index (χ3v) is 3.16. The standard InChI is InChI=1S/C17H19N3O/c1-4-16(21)18-14-7-5-6-8-15(14)20-19-13-9-11-17(2,3)12-10-13/h4-11H,1,12H2,2-3H3,(H,18,21). The van der Waals surface area contributed by atoms with E-state index in [-0.39, 0.29) is 11.3 Å². The van der Waals surface area contributed by atoms with E-state index < -0.39 is 0 Å². The molecule has 4 heteroatoms. The molecule has 0 saturated heterocycles. The van der Waals surface area contributed by atoms with Gasteiger partial charge in [-0.25, -0.2) is 0 Å². The maximum atomic E-state index is 11.4. The molecule has 0 saturated carbocycles. The quantitative estimate of drug-likeness (QED) is 0.627. The lowest BCUT2D eigenvalue weighted by Gasteiger charge is -2.20. The first-order valence-corrected chi connectivity index (χ1v) is 6.84. The summed E-state index contributed by atoms with van der Waals surface area (Å²) in [6, 6.07) is 7.27. The fourth-order valence-electron chi connectivity index (χ4n) is 1.85. The van der Waals surface area contributed by atoms with Gasteiger partial charge >= 0.3 is 0 Å². The first-order chi connectivity index (χ1) is 10.00. The molecule has 1 amide bonds. The summed E-state index contributed by atoms with van der Waals surface area (Å²) in [5, 5.41) is 11.2. The highest BCUT2D eigenvalue weighted by atomic mass is 16.1. The minimum atomic E-state index is -0.267. The fraction of sp³-hybridized carbons (Fsp3) is 0.235. The lowest BCUT2D eigenvalue weighted by Crippen LogP contribution is -2.08. The molecule has 0 fully saturated rings. The SMILES string of the molecule is C=CC(=O)Nc1ccccc1N=NC1=CCC(C)(C)C=C1. The molecule has 0 spiro atoms. The van der Waals surface area contributed by atoms with E-state index in [1.54, 1.807) is 12.1 Å². The van der Waals surface area contributed by atoms with Crippen LogP contribution in [0.2, 0.25) is 0 Å². The van der Waals surface area contributed by atoms with Crippen LogP contribution >= 0.6 is 0 Å². The molecular weight excluding hydrogens is 262 g/mol. The summed E-state index contributed by atoms with van der Waals surface area (Å²) in [5.41, 5.74) is 2.24. The van der Waals surface area contributed by atoms with Gasteiger partial charge in [0.05, 0.1) is 11.4 Å². The van der Waals surface area contributed by atoms with Crippen LogP contribution in [-0.2, 0) is 4.79 Å². The highest BCUT2D eigenvalue weighted by Gasteiger charge is 2.15. The van der Waals surface area contributed by atoms with Crippen molar-refractivity contribution in [1.82, 2.24) is 0 Å². The number of carbonyl (C=O) groups is 1. The summed E-state index contributed by atoms with van der Waals surface area (Å²) in [5.74, 6) is -0.267. The van der Waals surface area contributed by atoms with Gasteiger partial charge in [-0.2, -0.15) is 5.11 Å². The molecule has 0 heterocycles. The normalized spacial score (nSPS) is 16.6. The zero-order chi connectivity index (χ0) is 15.3. The number of carbonyl (C=O) groups excluding carboxylic acids is 1. The van der Waals surface area contributed by atoms with Gasteiger partial charge in [-0.3, -0.25) is 4.79 Å². The summed E-state index contributed by atoms with van der Waals surface area (Å²) in [4.78, 5) is 11.4. The Hall–Kier alpha value is -2.49. The molecule has 21 heavy (non-hydrogen) atoms. The molecule has 4 nitrogen and oxygen atoms in total. The molecule has 1 aromatic carbocycles. The Morgan fingerprint density at radius 1 is 1.33 bits per heavy atom. The molecule has 1 aliphatic carbocycles. The lowest BCUT2D eigenvalue weighted by atomic mass is 9.85. The molecule has 0 aromatic heterocycles. The van der Waals surface area contributed by atoms with E-state index in [0.29, 0.717) is 11.4 Å². The molecule has 108 valence electrons. The van der Waals surface area contributed by atoms with Gasteiger partial charge in [0.1, 0.15) is 5.69 Å². The van der Waals surface area contributed by atoms with Crippen LogP contribution in [0.5, 0.6) is 0 Å². The van der Waals surface area contributed by atoms with Gasteiger partial charge in [-0.1, -0.05) is 44.7 Å².